The maximum atomic E-state index is 12.1. The van der Waals surface area contributed by atoms with Crippen molar-refractivity contribution in [2.75, 3.05) is 31.1 Å². The van der Waals surface area contributed by atoms with Crippen molar-refractivity contribution in [1.29, 1.82) is 0 Å². The number of aryl methyl sites for hydroxylation is 1. The predicted molar refractivity (Wildman–Crippen MR) is 77.5 cm³/mol. The molecule has 2 heterocycles. The van der Waals surface area contributed by atoms with Crippen molar-refractivity contribution in [3.05, 3.63) is 21.0 Å². The van der Waals surface area contributed by atoms with E-state index in [9.17, 15) is 4.79 Å². The van der Waals surface area contributed by atoms with Crippen molar-refractivity contribution in [2.24, 2.45) is 5.73 Å². The van der Waals surface area contributed by atoms with Crippen molar-refractivity contribution in [1.82, 2.24) is 9.78 Å². The van der Waals surface area contributed by atoms with Gasteiger partial charge in [0.2, 0.25) is 0 Å². The fourth-order valence-electron chi connectivity index (χ4n) is 2.13. The van der Waals surface area contributed by atoms with Crippen LogP contribution >= 0.6 is 15.9 Å². The highest BCUT2D eigenvalue weighted by atomic mass is 79.9. The van der Waals surface area contributed by atoms with E-state index in [0.717, 1.165) is 18.7 Å². The van der Waals surface area contributed by atoms with Crippen LogP contribution in [0.15, 0.2) is 15.5 Å². The summed E-state index contributed by atoms with van der Waals surface area (Å²) in [5.74, 6) is 0. The van der Waals surface area contributed by atoms with Crippen LogP contribution < -0.4 is 16.2 Å². The largest absolute Gasteiger partial charge is 0.373 e. The molecule has 6 nitrogen and oxygen atoms in total. The van der Waals surface area contributed by atoms with Crippen LogP contribution in [-0.4, -0.2) is 42.1 Å². The Hall–Kier alpha value is -0.920. The van der Waals surface area contributed by atoms with Crippen molar-refractivity contribution in [3.8, 4) is 0 Å². The first-order chi connectivity index (χ1) is 9.17. The van der Waals surface area contributed by atoms with Crippen LogP contribution in [0, 0.1) is 0 Å². The van der Waals surface area contributed by atoms with E-state index >= 15 is 0 Å². The minimum absolute atomic E-state index is 0.0127. The monoisotopic (exact) mass is 330 g/mol. The van der Waals surface area contributed by atoms with E-state index in [1.54, 1.807) is 6.20 Å². The minimum atomic E-state index is -0.0878. The van der Waals surface area contributed by atoms with E-state index in [1.165, 1.54) is 4.68 Å². The molecule has 0 saturated carbocycles. The molecule has 0 aliphatic carbocycles. The molecule has 1 unspecified atom stereocenters. The second kappa shape index (κ2) is 6.49. The zero-order chi connectivity index (χ0) is 13.8. The summed E-state index contributed by atoms with van der Waals surface area (Å²) >= 11 is 3.39. The number of aromatic nitrogens is 2. The molecule has 106 valence electrons. The van der Waals surface area contributed by atoms with Crippen LogP contribution in [0.2, 0.25) is 0 Å². The molecule has 1 aliphatic rings. The Morgan fingerprint density at radius 3 is 3.11 bits per heavy atom. The average molecular weight is 331 g/mol. The first kappa shape index (κ1) is 14.5. The highest BCUT2D eigenvalue weighted by Gasteiger charge is 2.22. The molecule has 1 saturated heterocycles. The van der Waals surface area contributed by atoms with Gasteiger partial charge in [0.05, 0.1) is 24.6 Å². The number of nitrogens with zero attached hydrogens (tertiary/aromatic N) is 3. The maximum Gasteiger partial charge on any atom is 0.283 e. The molecule has 2 rings (SSSR count). The van der Waals surface area contributed by atoms with Crippen LogP contribution in [0.5, 0.6) is 0 Å². The van der Waals surface area contributed by atoms with E-state index < -0.39 is 0 Å². The average Bonchev–Trinajstić information content (AvgIpc) is 2.44. The van der Waals surface area contributed by atoms with Gasteiger partial charge in [0.15, 0.2) is 0 Å². The molecule has 1 fully saturated rings. The molecule has 19 heavy (non-hydrogen) atoms. The highest BCUT2D eigenvalue weighted by molar-refractivity contribution is 9.10. The SMILES string of the molecule is CCCn1ncc(N2CCOC(CN)C2)c(Br)c1=O. The molecule has 0 radical (unpaired) electrons. The predicted octanol–water partition coefficient (Wildman–Crippen LogP) is 0.580. The van der Waals surface area contributed by atoms with Gasteiger partial charge < -0.3 is 15.4 Å². The van der Waals surface area contributed by atoms with Crippen LogP contribution in [0.25, 0.3) is 0 Å². The third-order valence-corrected chi connectivity index (χ3v) is 3.89. The lowest BCUT2D eigenvalue weighted by molar-refractivity contribution is 0.0465. The molecule has 0 spiro atoms. The Kier molecular flexibility index (Phi) is 4.95. The van der Waals surface area contributed by atoms with Crippen molar-refractivity contribution < 1.29 is 4.74 Å². The summed E-state index contributed by atoms with van der Waals surface area (Å²) in [4.78, 5) is 14.2. The lowest BCUT2D eigenvalue weighted by Crippen LogP contribution is -2.46. The van der Waals surface area contributed by atoms with Gasteiger partial charge in [0, 0.05) is 26.2 Å². The number of hydrogen-bond acceptors (Lipinski definition) is 5. The second-order valence-corrected chi connectivity index (χ2v) is 5.34. The first-order valence-electron chi connectivity index (χ1n) is 6.49. The van der Waals surface area contributed by atoms with Crippen LogP contribution in [-0.2, 0) is 11.3 Å². The number of anilines is 1. The van der Waals surface area contributed by atoms with E-state index in [0.29, 0.717) is 30.7 Å². The van der Waals surface area contributed by atoms with Gasteiger partial charge in [0.25, 0.3) is 5.56 Å². The maximum absolute atomic E-state index is 12.1. The molecule has 1 aromatic rings. The normalized spacial score (nSPS) is 19.7. The first-order valence-corrected chi connectivity index (χ1v) is 7.29. The molecule has 1 aromatic heterocycles. The third kappa shape index (κ3) is 3.16. The van der Waals surface area contributed by atoms with Crippen LogP contribution in [0.4, 0.5) is 5.69 Å². The fraction of sp³-hybridized carbons (Fsp3) is 0.667. The standard InChI is InChI=1S/C12H19BrN4O2/c1-2-3-17-12(18)11(13)10(7-15-17)16-4-5-19-9(6-14)8-16/h7,9H,2-6,8,14H2,1H3. The highest BCUT2D eigenvalue weighted by Crippen LogP contribution is 2.23. The van der Waals surface area contributed by atoms with Crippen molar-refractivity contribution in [3.63, 3.8) is 0 Å². The molecular weight excluding hydrogens is 312 g/mol. The number of nitrogens with two attached hydrogens (primary N) is 1. The number of ether oxygens (including phenoxy) is 1. The van der Waals surface area contributed by atoms with E-state index in [1.807, 2.05) is 6.92 Å². The summed E-state index contributed by atoms with van der Waals surface area (Å²) in [6.45, 7) is 5.18. The third-order valence-electron chi connectivity index (χ3n) is 3.14. The smallest absolute Gasteiger partial charge is 0.283 e. The van der Waals surface area contributed by atoms with E-state index in [-0.39, 0.29) is 11.7 Å². The number of hydrogen-bond donors (Lipinski definition) is 1. The van der Waals surface area contributed by atoms with E-state index in [2.05, 4.69) is 25.9 Å². The molecule has 1 aliphatic heterocycles. The van der Waals surface area contributed by atoms with Gasteiger partial charge in [-0.3, -0.25) is 4.79 Å². The summed E-state index contributed by atoms with van der Waals surface area (Å²) < 4.78 is 7.57. The number of rotatable bonds is 4. The van der Waals surface area contributed by atoms with Crippen LogP contribution in [0.1, 0.15) is 13.3 Å². The second-order valence-electron chi connectivity index (χ2n) is 4.55. The fourth-order valence-corrected chi connectivity index (χ4v) is 2.69. The Labute approximate surface area is 120 Å². The Balaban J connectivity index is 2.25. The molecule has 0 aromatic carbocycles. The summed E-state index contributed by atoms with van der Waals surface area (Å²) in [7, 11) is 0. The molecule has 2 N–H and O–H groups in total. The van der Waals surface area contributed by atoms with Gasteiger partial charge in [-0.15, -0.1) is 0 Å². The number of morpholine rings is 1. The topological polar surface area (TPSA) is 73.4 Å². The summed E-state index contributed by atoms with van der Waals surface area (Å²) in [6.07, 6.45) is 2.63. The van der Waals surface area contributed by atoms with Gasteiger partial charge in [-0.2, -0.15) is 5.10 Å². The van der Waals surface area contributed by atoms with Gasteiger partial charge >= 0.3 is 0 Å². The Morgan fingerprint density at radius 1 is 1.63 bits per heavy atom. The van der Waals surface area contributed by atoms with Gasteiger partial charge in [-0.05, 0) is 22.4 Å². The van der Waals surface area contributed by atoms with Crippen LogP contribution in [0.3, 0.4) is 0 Å². The lowest BCUT2D eigenvalue weighted by atomic mass is 10.2. The quantitative estimate of drug-likeness (QED) is 0.874. The molecule has 1 atom stereocenters. The zero-order valence-corrected chi connectivity index (χ0v) is 12.6. The van der Waals surface area contributed by atoms with Crippen molar-refractivity contribution >= 4 is 21.6 Å². The molecule has 0 bridgehead atoms. The molecule has 0 amide bonds. The minimum Gasteiger partial charge on any atom is -0.373 e. The zero-order valence-electron chi connectivity index (χ0n) is 11.0. The Bertz CT molecular complexity index is 491. The van der Waals surface area contributed by atoms with Crippen molar-refractivity contribution in [2.45, 2.75) is 26.0 Å². The molecular formula is C12H19BrN4O2. The summed E-state index contributed by atoms with van der Waals surface area (Å²) in [5.41, 5.74) is 6.36. The summed E-state index contributed by atoms with van der Waals surface area (Å²) in [6, 6.07) is 0. The Morgan fingerprint density at radius 2 is 2.42 bits per heavy atom. The molecule has 7 heteroatoms. The van der Waals surface area contributed by atoms with Gasteiger partial charge in [-0.25, -0.2) is 4.68 Å². The number of halogens is 1. The van der Waals surface area contributed by atoms with Gasteiger partial charge in [-0.1, -0.05) is 6.92 Å². The summed E-state index contributed by atoms with van der Waals surface area (Å²) in [5, 5.41) is 4.22. The van der Waals surface area contributed by atoms with E-state index in [4.69, 9.17) is 10.5 Å². The lowest BCUT2D eigenvalue weighted by Gasteiger charge is -2.34. The van der Waals surface area contributed by atoms with Gasteiger partial charge in [0.1, 0.15) is 4.47 Å².